The van der Waals surface area contributed by atoms with E-state index in [9.17, 15) is 4.79 Å². The third-order valence-electron chi connectivity index (χ3n) is 4.15. The Morgan fingerprint density at radius 1 is 1.33 bits per heavy atom. The van der Waals surface area contributed by atoms with E-state index in [0.717, 1.165) is 35.4 Å². The van der Waals surface area contributed by atoms with Gasteiger partial charge in [-0.3, -0.25) is 9.89 Å². The van der Waals surface area contributed by atoms with Gasteiger partial charge in [0.1, 0.15) is 0 Å². The monoisotopic (exact) mass is 244 g/mol. The number of nitrogens with one attached hydrogen (secondary N) is 2. The number of aromatic nitrogens is 3. The molecule has 5 heteroatoms. The third kappa shape index (κ3) is 1.37. The van der Waals surface area contributed by atoms with Gasteiger partial charge < -0.3 is 5.32 Å². The Morgan fingerprint density at radius 2 is 2.11 bits per heavy atom. The van der Waals surface area contributed by atoms with Gasteiger partial charge >= 0.3 is 0 Å². The summed E-state index contributed by atoms with van der Waals surface area (Å²) < 4.78 is 1.58. The number of hydrogen-bond acceptors (Lipinski definition) is 3. The van der Waals surface area contributed by atoms with E-state index in [2.05, 4.69) is 15.4 Å². The summed E-state index contributed by atoms with van der Waals surface area (Å²) >= 11 is 0. The number of hydrogen-bond donors (Lipinski definition) is 2. The van der Waals surface area contributed by atoms with Gasteiger partial charge in [-0.1, -0.05) is 0 Å². The van der Waals surface area contributed by atoms with Crippen LogP contribution in [0.2, 0.25) is 0 Å². The second-order valence-electron chi connectivity index (χ2n) is 5.52. The average molecular weight is 244 g/mol. The highest BCUT2D eigenvalue weighted by Crippen LogP contribution is 2.24. The summed E-state index contributed by atoms with van der Waals surface area (Å²) in [6.07, 6.45) is 4.09. The molecule has 1 saturated heterocycles. The van der Waals surface area contributed by atoms with E-state index in [1.807, 2.05) is 13.0 Å². The maximum atomic E-state index is 12.5. The zero-order valence-corrected chi connectivity index (χ0v) is 10.4. The van der Waals surface area contributed by atoms with E-state index in [1.165, 1.54) is 12.8 Å². The Bertz CT molecular complexity index is 684. The highest BCUT2D eigenvalue weighted by Gasteiger charge is 2.31. The third-order valence-corrected chi connectivity index (χ3v) is 4.15. The van der Waals surface area contributed by atoms with E-state index < -0.39 is 0 Å². The molecule has 0 saturated carbocycles. The molecule has 94 valence electrons. The zero-order valence-electron chi connectivity index (χ0n) is 10.4. The molecule has 2 aromatic heterocycles. The van der Waals surface area contributed by atoms with Gasteiger partial charge in [-0.25, -0.2) is 9.50 Å². The molecular formula is C13H16N4O. The quantitative estimate of drug-likeness (QED) is 0.711. The van der Waals surface area contributed by atoms with Crippen molar-refractivity contribution in [2.45, 2.75) is 44.7 Å². The highest BCUT2D eigenvalue weighted by molar-refractivity contribution is 5.42. The van der Waals surface area contributed by atoms with Crippen molar-refractivity contribution in [3.8, 4) is 0 Å². The minimum atomic E-state index is 0.0810. The van der Waals surface area contributed by atoms with Crippen LogP contribution in [0.15, 0.2) is 10.9 Å². The molecule has 2 bridgehead atoms. The van der Waals surface area contributed by atoms with E-state index in [4.69, 9.17) is 0 Å². The molecule has 4 rings (SSSR count). The predicted octanol–water partition coefficient (Wildman–Crippen LogP) is 0.550. The van der Waals surface area contributed by atoms with Crippen molar-refractivity contribution in [3.05, 3.63) is 33.4 Å². The molecule has 2 aliphatic heterocycles. The molecule has 18 heavy (non-hydrogen) atoms. The fourth-order valence-electron chi connectivity index (χ4n) is 3.30. The Balaban J connectivity index is 1.98. The van der Waals surface area contributed by atoms with Gasteiger partial charge in [-0.15, -0.1) is 0 Å². The molecule has 2 atom stereocenters. The summed E-state index contributed by atoms with van der Waals surface area (Å²) in [5.41, 5.74) is 3.69. The molecule has 0 aromatic carbocycles. The van der Waals surface area contributed by atoms with E-state index >= 15 is 0 Å². The van der Waals surface area contributed by atoms with Gasteiger partial charge in [-0.2, -0.15) is 0 Å². The number of aryl methyl sites for hydroxylation is 1. The molecule has 0 amide bonds. The van der Waals surface area contributed by atoms with Crippen LogP contribution < -0.4 is 10.9 Å². The second kappa shape index (κ2) is 3.45. The average Bonchev–Trinajstić information content (AvgIpc) is 2.84. The van der Waals surface area contributed by atoms with Crippen LogP contribution in [0, 0.1) is 6.92 Å². The molecule has 2 aliphatic rings. The Morgan fingerprint density at radius 3 is 2.94 bits per heavy atom. The van der Waals surface area contributed by atoms with Crippen LogP contribution in [0.4, 0.5) is 0 Å². The summed E-state index contributed by atoms with van der Waals surface area (Å²) in [6, 6.07) is 2.89. The SMILES string of the molecule is Cc1cc2nc3c(c(=O)n2[nH]1)CC1CCC(C3)N1. The molecule has 5 nitrogen and oxygen atoms in total. The molecule has 4 heterocycles. The number of fused-ring (bicyclic) bond motifs is 4. The smallest absolute Gasteiger partial charge is 0.276 e. The minimum absolute atomic E-state index is 0.0810. The molecule has 2 N–H and O–H groups in total. The Labute approximate surface area is 104 Å². The first kappa shape index (κ1) is 10.3. The van der Waals surface area contributed by atoms with Crippen molar-refractivity contribution in [2.24, 2.45) is 0 Å². The largest absolute Gasteiger partial charge is 0.311 e. The van der Waals surface area contributed by atoms with E-state index in [1.54, 1.807) is 4.52 Å². The summed E-state index contributed by atoms with van der Waals surface area (Å²) in [4.78, 5) is 17.1. The van der Waals surface area contributed by atoms with Gasteiger partial charge in [0.15, 0.2) is 5.65 Å². The zero-order chi connectivity index (χ0) is 12.3. The van der Waals surface area contributed by atoms with Crippen LogP contribution in [0.5, 0.6) is 0 Å². The van der Waals surface area contributed by atoms with Gasteiger partial charge in [0.25, 0.3) is 5.56 Å². The number of H-pyrrole nitrogens is 1. The molecular weight excluding hydrogens is 228 g/mol. The summed E-state index contributed by atoms with van der Waals surface area (Å²) in [6.45, 7) is 1.95. The number of nitrogens with zero attached hydrogens (tertiary/aromatic N) is 2. The first-order valence-corrected chi connectivity index (χ1v) is 6.57. The van der Waals surface area contributed by atoms with Crippen LogP contribution in [0.3, 0.4) is 0 Å². The van der Waals surface area contributed by atoms with Gasteiger partial charge in [0, 0.05) is 35.8 Å². The van der Waals surface area contributed by atoms with E-state index in [0.29, 0.717) is 12.1 Å². The minimum Gasteiger partial charge on any atom is -0.311 e. The number of aromatic amines is 1. The standard InChI is InChI=1S/C13H16N4O/c1-7-4-12-15-11-6-9-3-2-8(14-9)5-10(11)13(18)17(12)16-7/h4,8-9,14,16H,2-3,5-6H2,1H3. The lowest BCUT2D eigenvalue weighted by Crippen LogP contribution is -2.30. The first-order valence-electron chi connectivity index (χ1n) is 6.57. The Hall–Kier alpha value is -1.62. The maximum Gasteiger partial charge on any atom is 0.276 e. The summed E-state index contributed by atoms with van der Waals surface area (Å²) in [5.74, 6) is 0. The van der Waals surface area contributed by atoms with Crippen molar-refractivity contribution in [1.29, 1.82) is 0 Å². The lowest BCUT2D eigenvalue weighted by atomic mass is 9.98. The van der Waals surface area contributed by atoms with Crippen molar-refractivity contribution in [2.75, 3.05) is 0 Å². The normalized spacial score (nSPS) is 26.3. The topological polar surface area (TPSA) is 62.2 Å². The van der Waals surface area contributed by atoms with Gasteiger partial charge in [-0.05, 0) is 26.2 Å². The lowest BCUT2D eigenvalue weighted by Gasteiger charge is -2.10. The molecule has 0 aliphatic carbocycles. The lowest BCUT2D eigenvalue weighted by molar-refractivity contribution is 0.552. The molecule has 0 radical (unpaired) electrons. The fourth-order valence-corrected chi connectivity index (χ4v) is 3.30. The predicted molar refractivity (Wildman–Crippen MR) is 67.9 cm³/mol. The van der Waals surface area contributed by atoms with Crippen LogP contribution in [-0.2, 0) is 12.8 Å². The highest BCUT2D eigenvalue weighted by atomic mass is 16.1. The van der Waals surface area contributed by atoms with E-state index in [-0.39, 0.29) is 5.56 Å². The van der Waals surface area contributed by atoms with Crippen molar-refractivity contribution in [3.63, 3.8) is 0 Å². The molecule has 2 unspecified atom stereocenters. The fraction of sp³-hybridized carbons (Fsp3) is 0.538. The summed E-state index contributed by atoms with van der Waals surface area (Å²) in [7, 11) is 0. The van der Waals surface area contributed by atoms with Crippen LogP contribution >= 0.6 is 0 Å². The first-order chi connectivity index (χ1) is 8.70. The maximum absolute atomic E-state index is 12.5. The van der Waals surface area contributed by atoms with Gasteiger partial charge in [0.2, 0.25) is 0 Å². The van der Waals surface area contributed by atoms with Crippen LogP contribution in [0.1, 0.15) is 29.8 Å². The van der Waals surface area contributed by atoms with Gasteiger partial charge in [0.05, 0.1) is 5.69 Å². The summed E-state index contributed by atoms with van der Waals surface area (Å²) in [5, 5.41) is 6.65. The molecule has 1 fully saturated rings. The Kier molecular flexibility index (Phi) is 1.97. The molecule has 0 spiro atoms. The number of rotatable bonds is 0. The van der Waals surface area contributed by atoms with Crippen LogP contribution in [0.25, 0.3) is 5.65 Å². The molecule has 2 aromatic rings. The van der Waals surface area contributed by atoms with Crippen molar-refractivity contribution >= 4 is 5.65 Å². The van der Waals surface area contributed by atoms with Crippen molar-refractivity contribution in [1.82, 2.24) is 19.9 Å². The second-order valence-corrected chi connectivity index (χ2v) is 5.52. The van der Waals surface area contributed by atoms with Crippen molar-refractivity contribution < 1.29 is 0 Å². The van der Waals surface area contributed by atoms with Crippen LogP contribution in [-0.4, -0.2) is 26.7 Å².